The summed E-state index contributed by atoms with van der Waals surface area (Å²) in [6.45, 7) is 1.62. The van der Waals surface area contributed by atoms with Crippen LogP contribution in [0.25, 0.3) is 0 Å². The van der Waals surface area contributed by atoms with Gasteiger partial charge in [0.05, 0.1) is 6.04 Å². The van der Waals surface area contributed by atoms with Gasteiger partial charge in [0, 0.05) is 0 Å². The Labute approximate surface area is 80.6 Å². The minimum atomic E-state index is -0.866. The van der Waals surface area contributed by atoms with Gasteiger partial charge in [-0.05, 0) is 19.8 Å². The topological polar surface area (TPSA) is 132 Å². The van der Waals surface area contributed by atoms with Gasteiger partial charge in [0.25, 0.3) is 0 Å². The summed E-state index contributed by atoms with van der Waals surface area (Å²) in [7, 11) is 0. The number of rotatable bonds is 6. The summed E-state index contributed by atoms with van der Waals surface area (Å²) in [5.74, 6) is 8.71. The number of nitrogens with zero attached hydrogens (tertiary/aromatic N) is 3. The third kappa shape index (κ3) is 4.45. The van der Waals surface area contributed by atoms with Crippen LogP contribution in [-0.4, -0.2) is 18.1 Å². The smallest absolute Gasteiger partial charge is 0.351 e. The van der Waals surface area contributed by atoms with Crippen molar-refractivity contribution in [1.82, 2.24) is 0 Å². The third-order valence-electron chi connectivity index (χ3n) is 1.63. The zero-order valence-electron chi connectivity index (χ0n) is 7.79. The second-order valence-electron chi connectivity index (χ2n) is 2.72. The molecule has 0 aliphatic heterocycles. The van der Waals surface area contributed by atoms with Gasteiger partial charge < -0.3 is 10.7 Å². The Bertz CT molecular complexity index is 220. The van der Waals surface area contributed by atoms with E-state index in [4.69, 9.17) is 5.84 Å². The second kappa shape index (κ2) is 6.89. The van der Waals surface area contributed by atoms with Crippen molar-refractivity contribution < 1.29 is 9.63 Å². The molecule has 0 heterocycles. The lowest BCUT2D eigenvalue weighted by Crippen LogP contribution is -2.25. The lowest BCUT2D eigenvalue weighted by molar-refractivity contribution is -0.146. The molecular weight excluding hydrogens is 190 g/mol. The van der Waals surface area contributed by atoms with Gasteiger partial charge >= 0.3 is 5.97 Å². The van der Waals surface area contributed by atoms with E-state index < -0.39 is 18.1 Å². The van der Waals surface area contributed by atoms with Crippen LogP contribution in [0.3, 0.4) is 0 Å². The molecule has 80 valence electrons. The molecule has 0 bridgehead atoms. The Hall–Kier alpha value is -1.57. The molecule has 8 heteroatoms. The number of carbonyl (C=O) groups excluding carboxylic acids is 1. The molecule has 4 N–H and O–H groups in total. The largest absolute Gasteiger partial charge is 0.372 e. The highest BCUT2D eigenvalue weighted by Gasteiger charge is 2.20. The van der Waals surface area contributed by atoms with Crippen molar-refractivity contribution in [3.63, 3.8) is 0 Å². The first-order chi connectivity index (χ1) is 6.65. The van der Waals surface area contributed by atoms with E-state index in [0.717, 1.165) is 0 Å². The summed E-state index contributed by atoms with van der Waals surface area (Å²) in [6.07, 6.45) is 0.659. The van der Waals surface area contributed by atoms with Crippen molar-refractivity contribution in [2.75, 3.05) is 0 Å². The number of nitrogens with two attached hydrogens (primary N) is 2. The van der Waals surface area contributed by atoms with Crippen molar-refractivity contribution in [2.45, 2.75) is 31.8 Å². The molecule has 0 saturated carbocycles. The second-order valence-corrected chi connectivity index (χ2v) is 2.72. The van der Waals surface area contributed by atoms with Gasteiger partial charge in [0.15, 0.2) is 6.04 Å². The van der Waals surface area contributed by atoms with Gasteiger partial charge in [-0.1, -0.05) is 10.4 Å². The van der Waals surface area contributed by atoms with Gasteiger partial charge in [-0.3, -0.25) is 0 Å². The van der Waals surface area contributed by atoms with Gasteiger partial charge in [-0.25, -0.2) is 4.79 Å². The molecule has 0 aromatic carbocycles. The minimum Gasteiger partial charge on any atom is -0.372 e. The number of hydrogen-bond donors (Lipinski definition) is 2. The molecule has 0 spiro atoms. The fraction of sp³-hybridized carbons (Fsp3) is 0.833. The predicted molar refractivity (Wildman–Crippen MR) is 47.6 cm³/mol. The predicted octanol–water partition coefficient (Wildman–Crippen LogP) is 0.0329. The van der Waals surface area contributed by atoms with E-state index >= 15 is 0 Å². The summed E-state index contributed by atoms with van der Waals surface area (Å²) in [6, 6.07) is -1.26. The average molecular weight is 203 g/mol. The van der Waals surface area contributed by atoms with Crippen molar-refractivity contribution in [3.8, 4) is 0 Å². The highest BCUT2D eigenvalue weighted by molar-refractivity contribution is 5.75. The molecule has 1 unspecified atom stereocenters. The molecule has 0 amide bonds. The first kappa shape index (κ1) is 12.4. The van der Waals surface area contributed by atoms with Crippen LogP contribution in [0, 0.1) is 4.91 Å². The van der Waals surface area contributed by atoms with Crippen LogP contribution >= 0.6 is 0 Å². The molecular formula is C6H13N5O3. The maximum atomic E-state index is 10.9. The van der Waals surface area contributed by atoms with E-state index in [1.165, 1.54) is 0 Å². The number of carbonyl (C=O) groups is 1. The van der Waals surface area contributed by atoms with Crippen LogP contribution < -0.4 is 11.7 Å². The summed E-state index contributed by atoms with van der Waals surface area (Å²) < 4.78 is 0. The molecule has 0 rings (SSSR count). The molecule has 0 aromatic heterocycles. The molecule has 0 aromatic rings. The fourth-order valence-corrected chi connectivity index (χ4v) is 0.834. The normalized spacial score (nSPS) is 15.0. The van der Waals surface area contributed by atoms with E-state index in [0.29, 0.717) is 6.42 Å². The summed E-state index contributed by atoms with van der Waals surface area (Å²) in [5, 5.41) is 9.14. The minimum absolute atomic E-state index is 0.267. The first-order valence-electron chi connectivity index (χ1n) is 3.98. The van der Waals surface area contributed by atoms with Crippen LogP contribution in [0.1, 0.15) is 19.8 Å². The lowest BCUT2D eigenvalue weighted by Gasteiger charge is -2.07. The molecule has 0 fully saturated rings. The van der Waals surface area contributed by atoms with Gasteiger partial charge in [0.1, 0.15) is 0 Å². The highest BCUT2D eigenvalue weighted by atomic mass is 16.7. The standard InChI is InChI=1S/C6H13N5O3/c1-4(10-13)2-3-5(9-11-7)6(12)14-8/h4-5H,2-3,8H2,1H3,(H2,7,9)/t4?,5-/m0/s1. The van der Waals surface area contributed by atoms with Crippen molar-refractivity contribution >= 4 is 5.97 Å². The van der Waals surface area contributed by atoms with Crippen LogP contribution in [0.2, 0.25) is 0 Å². The summed E-state index contributed by atoms with van der Waals surface area (Å²) >= 11 is 0. The van der Waals surface area contributed by atoms with Gasteiger partial charge in [-0.2, -0.15) is 15.9 Å². The van der Waals surface area contributed by atoms with Crippen LogP contribution in [0.4, 0.5) is 0 Å². The Morgan fingerprint density at radius 1 is 1.50 bits per heavy atom. The highest BCUT2D eigenvalue weighted by Crippen LogP contribution is 2.08. The molecule has 0 aliphatic carbocycles. The average Bonchev–Trinajstić information content (AvgIpc) is 2.22. The summed E-state index contributed by atoms with van der Waals surface area (Å²) in [4.78, 5) is 25.0. The zero-order valence-corrected chi connectivity index (χ0v) is 7.79. The Morgan fingerprint density at radius 2 is 2.14 bits per heavy atom. The van der Waals surface area contributed by atoms with E-state index in [1.54, 1.807) is 6.92 Å². The molecule has 0 radical (unpaired) electrons. The zero-order chi connectivity index (χ0) is 11.0. The number of nitroso groups, excluding NO2 is 1. The molecule has 0 saturated heterocycles. The maximum absolute atomic E-state index is 10.9. The monoisotopic (exact) mass is 203 g/mol. The third-order valence-corrected chi connectivity index (χ3v) is 1.63. The number of hydrogen-bond acceptors (Lipinski definition) is 7. The SMILES string of the molecule is CC(CC[C@H](N=NN)C(=O)ON)N=O. The Balaban J connectivity index is 4.09. The molecule has 14 heavy (non-hydrogen) atoms. The van der Waals surface area contributed by atoms with E-state index in [9.17, 15) is 9.70 Å². The van der Waals surface area contributed by atoms with E-state index in [2.05, 4.69) is 26.2 Å². The van der Waals surface area contributed by atoms with E-state index in [-0.39, 0.29) is 6.42 Å². The first-order valence-corrected chi connectivity index (χ1v) is 3.98. The lowest BCUT2D eigenvalue weighted by atomic mass is 10.1. The fourth-order valence-electron chi connectivity index (χ4n) is 0.834. The van der Waals surface area contributed by atoms with Crippen LogP contribution in [0.15, 0.2) is 15.5 Å². The molecule has 0 aliphatic rings. The van der Waals surface area contributed by atoms with Crippen molar-refractivity contribution in [2.24, 2.45) is 27.3 Å². The van der Waals surface area contributed by atoms with E-state index in [1.807, 2.05) is 0 Å². The quantitative estimate of drug-likeness (QED) is 0.272. The Kier molecular flexibility index (Phi) is 6.12. The van der Waals surface area contributed by atoms with Gasteiger partial charge in [-0.15, -0.1) is 0 Å². The summed E-state index contributed by atoms with van der Waals surface area (Å²) in [5.41, 5.74) is 0. The maximum Gasteiger partial charge on any atom is 0.351 e. The molecule has 2 atom stereocenters. The van der Waals surface area contributed by atoms with Crippen molar-refractivity contribution in [3.05, 3.63) is 4.91 Å². The van der Waals surface area contributed by atoms with Gasteiger partial charge in [0.2, 0.25) is 0 Å². The van der Waals surface area contributed by atoms with Crippen LogP contribution in [-0.2, 0) is 9.63 Å². The Morgan fingerprint density at radius 3 is 2.57 bits per heavy atom. The van der Waals surface area contributed by atoms with Crippen LogP contribution in [0.5, 0.6) is 0 Å². The van der Waals surface area contributed by atoms with Crippen molar-refractivity contribution in [1.29, 1.82) is 0 Å². The molecule has 8 nitrogen and oxygen atoms in total.